The maximum atomic E-state index is 12.1. The minimum absolute atomic E-state index is 0.265. The quantitative estimate of drug-likeness (QED) is 0.695. The second-order valence-electron chi connectivity index (χ2n) is 4.92. The van der Waals surface area contributed by atoms with Gasteiger partial charge in [0.15, 0.2) is 0 Å². The van der Waals surface area contributed by atoms with Gasteiger partial charge in [0.2, 0.25) is 5.88 Å². The molecule has 2 aromatic heterocycles. The molecule has 2 heterocycles. The molecule has 8 heteroatoms. The zero-order valence-corrected chi connectivity index (χ0v) is 12.9. The van der Waals surface area contributed by atoms with E-state index >= 15 is 0 Å². The summed E-state index contributed by atoms with van der Waals surface area (Å²) in [6, 6.07) is 9.20. The Kier molecular flexibility index (Phi) is 4.13. The van der Waals surface area contributed by atoms with Crippen LogP contribution >= 0.6 is 0 Å². The Morgan fingerprint density at radius 2 is 2.04 bits per heavy atom. The Morgan fingerprint density at radius 1 is 1.17 bits per heavy atom. The van der Waals surface area contributed by atoms with Crippen LogP contribution < -0.4 is 10.4 Å². The summed E-state index contributed by atoms with van der Waals surface area (Å²) in [5, 5.41) is 15.4. The maximum absolute atomic E-state index is 12.1. The van der Waals surface area contributed by atoms with Crippen LogP contribution in [0.15, 0.2) is 41.3 Å². The highest BCUT2D eigenvalue weighted by molar-refractivity contribution is 5.45. The number of benzene rings is 1. The standard InChI is InChI=1S/C15H16N6O2/c1-3-11-6-4-7-13(21-15(22)20(2)18-19-21)12(11)10-23-14-8-5-9-16-17-14/h4-9H,3,10H2,1-2H3. The highest BCUT2D eigenvalue weighted by atomic mass is 16.5. The second kappa shape index (κ2) is 6.39. The van der Waals surface area contributed by atoms with E-state index in [4.69, 9.17) is 4.74 Å². The molecule has 3 aromatic rings. The van der Waals surface area contributed by atoms with E-state index in [1.54, 1.807) is 25.4 Å². The molecule has 0 aliphatic carbocycles. The van der Waals surface area contributed by atoms with Gasteiger partial charge in [-0.05, 0) is 34.5 Å². The van der Waals surface area contributed by atoms with Crippen molar-refractivity contribution in [3.8, 4) is 11.6 Å². The first-order valence-corrected chi connectivity index (χ1v) is 7.21. The van der Waals surface area contributed by atoms with Crippen LogP contribution in [0.1, 0.15) is 18.1 Å². The predicted molar refractivity (Wildman–Crippen MR) is 82.3 cm³/mol. The molecule has 23 heavy (non-hydrogen) atoms. The molecule has 0 saturated carbocycles. The summed E-state index contributed by atoms with van der Waals surface area (Å²) in [4.78, 5) is 12.1. The highest BCUT2D eigenvalue weighted by Crippen LogP contribution is 2.20. The van der Waals surface area contributed by atoms with E-state index in [0.717, 1.165) is 17.5 Å². The first-order valence-electron chi connectivity index (χ1n) is 7.21. The number of ether oxygens (including phenoxy) is 1. The van der Waals surface area contributed by atoms with Gasteiger partial charge in [0.1, 0.15) is 6.61 Å². The molecule has 0 spiro atoms. The van der Waals surface area contributed by atoms with E-state index in [2.05, 4.69) is 20.6 Å². The molecule has 0 N–H and O–H groups in total. The Hall–Kier alpha value is -3.03. The van der Waals surface area contributed by atoms with E-state index in [-0.39, 0.29) is 12.3 Å². The van der Waals surface area contributed by atoms with Gasteiger partial charge in [-0.25, -0.2) is 4.79 Å². The Morgan fingerprint density at radius 3 is 2.70 bits per heavy atom. The van der Waals surface area contributed by atoms with Crippen molar-refractivity contribution < 1.29 is 4.74 Å². The van der Waals surface area contributed by atoms with Crippen molar-refractivity contribution in [1.82, 2.24) is 30.0 Å². The minimum atomic E-state index is -0.306. The van der Waals surface area contributed by atoms with Crippen molar-refractivity contribution in [2.45, 2.75) is 20.0 Å². The van der Waals surface area contributed by atoms with Crippen molar-refractivity contribution in [3.63, 3.8) is 0 Å². The average molecular weight is 312 g/mol. The molecule has 118 valence electrons. The molecule has 1 aromatic carbocycles. The monoisotopic (exact) mass is 312 g/mol. The smallest absolute Gasteiger partial charge is 0.368 e. The molecule has 0 fully saturated rings. The largest absolute Gasteiger partial charge is 0.472 e. The lowest BCUT2D eigenvalue weighted by atomic mass is 10.0. The summed E-state index contributed by atoms with van der Waals surface area (Å²) >= 11 is 0. The summed E-state index contributed by atoms with van der Waals surface area (Å²) in [5.74, 6) is 0.427. The van der Waals surface area contributed by atoms with Crippen LogP contribution in [-0.4, -0.2) is 30.0 Å². The average Bonchev–Trinajstić information content (AvgIpc) is 2.92. The first-order chi connectivity index (χ1) is 11.2. The summed E-state index contributed by atoms with van der Waals surface area (Å²) in [5.41, 5.74) is 2.30. The van der Waals surface area contributed by atoms with Gasteiger partial charge in [-0.3, -0.25) is 0 Å². The van der Waals surface area contributed by atoms with Gasteiger partial charge in [0.25, 0.3) is 0 Å². The van der Waals surface area contributed by atoms with Crippen molar-refractivity contribution in [2.75, 3.05) is 0 Å². The number of rotatable bonds is 5. The van der Waals surface area contributed by atoms with Gasteiger partial charge in [-0.15, -0.1) is 5.10 Å². The first kappa shape index (κ1) is 14.9. The van der Waals surface area contributed by atoms with E-state index in [1.807, 2.05) is 25.1 Å². The normalized spacial score (nSPS) is 10.7. The molecule has 0 radical (unpaired) electrons. The summed E-state index contributed by atoms with van der Waals surface area (Å²) in [6.07, 6.45) is 2.39. The van der Waals surface area contributed by atoms with E-state index in [1.165, 1.54) is 9.36 Å². The second-order valence-corrected chi connectivity index (χ2v) is 4.92. The lowest BCUT2D eigenvalue weighted by Gasteiger charge is -2.13. The number of tetrazole rings is 1. The van der Waals surface area contributed by atoms with E-state index < -0.39 is 0 Å². The van der Waals surface area contributed by atoms with Crippen LogP contribution in [0.5, 0.6) is 5.88 Å². The van der Waals surface area contributed by atoms with Crippen LogP contribution in [0, 0.1) is 0 Å². The van der Waals surface area contributed by atoms with Crippen molar-refractivity contribution in [1.29, 1.82) is 0 Å². The summed E-state index contributed by atoms with van der Waals surface area (Å²) < 4.78 is 8.16. The zero-order valence-electron chi connectivity index (χ0n) is 12.9. The fourth-order valence-electron chi connectivity index (χ4n) is 2.29. The van der Waals surface area contributed by atoms with Crippen molar-refractivity contribution in [3.05, 3.63) is 58.1 Å². The number of aryl methyl sites for hydroxylation is 2. The molecular formula is C15H16N6O2. The minimum Gasteiger partial charge on any atom is -0.472 e. The predicted octanol–water partition coefficient (Wildman–Crippen LogP) is 0.897. The Labute approximate surface area is 132 Å². The molecule has 0 aliphatic heterocycles. The highest BCUT2D eigenvalue weighted by Gasteiger charge is 2.14. The van der Waals surface area contributed by atoms with Crippen LogP contribution in [0.2, 0.25) is 0 Å². The molecule has 0 amide bonds. The molecule has 0 bridgehead atoms. The van der Waals surface area contributed by atoms with Crippen LogP contribution in [-0.2, 0) is 20.1 Å². The molecule has 0 aliphatic rings. The summed E-state index contributed by atoms with van der Waals surface area (Å²) in [7, 11) is 1.56. The SMILES string of the molecule is CCc1cccc(-n2nnn(C)c2=O)c1COc1cccnn1. The van der Waals surface area contributed by atoms with E-state index in [9.17, 15) is 4.79 Å². The lowest BCUT2D eigenvalue weighted by molar-refractivity contribution is 0.288. The number of aromatic nitrogens is 6. The van der Waals surface area contributed by atoms with Gasteiger partial charge < -0.3 is 4.74 Å². The van der Waals surface area contributed by atoms with Crippen LogP contribution in [0.25, 0.3) is 5.69 Å². The number of hydrogen-bond donors (Lipinski definition) is 0. The van der Waals surface area contributed by atoms with Gasteiger partial charge in [-0.2, -0.15) is 14.5 Å². The van der Waals surface area contributed by atoms with Crippen molar-refractivity contribution >= 4 is 0 Å². The molecule has 0 atom stereocenters. The third kappa shape index (κ3) is 2.96. The van der Waals surface area contributed by atoms with Crippen molar-refractivity contribution in [2.24, 2.45) is 7.05 Å². The van der Waals surface area contributed by atoms with Gasteiger partial charge in [-0.1, -0.05) is 19.1 Å². The zero-order chi connectivity index (χ0) is 16.2. The van der Waals surface area contributed by atoms with Gasteiger partial charge in [0, 0.05) is 24.9 Å². The molecule has 0 unspecified atom stereocenters. The Balaban J connectivity index is 2.00. The fourth-order valence-corrected chi connectivity index (χ4v) is 2.29. The number of hydrogen-bond acceptors (Lipinski definition) is 6. The van der Waals surface area contributed by atoms with Crippen LogP contribution in [0.4, 0.5) is 0 Å². The van der Waals surface area contributed by atoms with Gasteiger partial charge >= 0.3 is 5.69 Å². The molecular weight excluding hydrogens is 296 g/mol. The third-order valence-corrected chi connectivity index (χ3v) is 3.49. The topological polar surface area (TPSA) is 87.7 Å². The fraction of sp³-hybridized carbons (Fsp3) is 0.267. The molecule has 0 saturated heterocycles. The Bertz CT molecular complexity index is 856. The lowest BCUT2D eigenvalue weighted by Crippen LogP contribution is -2.23. The van der Waals surface area contributed by atoms with Crippen LogP contribution in [0.3, 0.4) is 0 Å². The van der Waals surface area contributed by atoms with E-state index in [0.29, 0.717) is 11.6 Å². The van der Waals surface area contributed by atoms with Gasteiger partial charge in [0.05, 0.1) is 5.69 Å². The summed E-state index contributed by atoms with van der Waals surface area (Å²) in [6.45, 7) is 2.31. The number of nitrogens with zero attached hydrogens (tertiary/aromatic N) is 6. The molecule has 8 nitrogen and oxygen atoms in total. The third-order valence-electron chi connectivity index (χ3n) is 3.49. The maximum Gasteiger partial charge on any atom is 0.368 e. The molecule has 3 rings (SSSR count).